The highest BCUT2D eigenvalue weighted by molar-refractivity contribution is 5.69. The van der Waals surface area contributed by atoms with E-state index in [1.807, 2.05) is 55.6 Å². The van der Waals surface area contributed by atoms with E-state index in [1.54, 1.807) is 0 Å². The molecule has 2 heterocycles. The minimum absolute atomic E-state index is 0.0144. The number of anilines is 1. The molecule has 2 N–H and O–H groups in total. The Morgan fingerprint density at radius 3 is 2.48 bits per heavy atom. The summed E-state index contributed by atoms with van der Waals surface area (Å²) in [6.45, 7) is 3.69. The van der Waals surface area contributed by atoms with Crippen LogP contribution in [0.25, 0.3) is 11.1 Å². The fourth-order valence-corrected chi connectivity index (χ4v) is 3.74. The maximum atomic E-state index is 9.96. The van der Waals surface area contributed by atoms with Gasteiger partial charge < -0.3 is 19.8 Å². The first-order valence-electron chi connectivity index (χ1n) is 9.94. The van der Waals surface area contributed by atoms with Crippen LogP contribution >= 0.6 is 0 Å². The third-order valence-corrected chi connectivity index (χ3v) is 5.38. The molecule has 3 aromatic rings. The Labute approximate surface area is 171 Å². The minimum atomic E-state index is -0.0144. The molecule has 0 amide bonds. The summed E-state index contributed by atoms with van der Waals surface area (Å²) < 4.78 is 6.03. The number of hydrogen-bond donors (Lipinski definition) is 2. The Morgan fingerprint density at radius 1 is 1.00 bits per heavy atom. The fraction of sp³-hybridized carbons (Fsp3) is 0.292. The molecular weight excluding hydrogens is 364 g/mol. The predicted molar refractivity (Wildman–Crippen MR) is 114 cm³/mol. The minimum Gasteiger partial charge on any atom is -0.472 e. The summed E-state index contributed by atoms with van der Waals surface area (Å²) in [6.07, 6.45) is 2.82. The Kier molecular flexibility index (Phi) is 5.79. The van der Waals surface area contributed by atoms with Crippen LogP contribution in [0.15, 0.2) is 60.8 Å². The quantitative estimate of drug-likeness (QED) is 0.672. The first-order valence-corrected chi connectivity index (χ1v) is 9.94. The van der Waals surface area contributed by atoms with Gasteiger partial charge in [0.25, 0.3) is 0 Å². The second-order valence-corrected chi connectivity index (χ2v) is 7.50. The number of nitrogens with zero attached hydrogens (tertiary/aromatic N) is 2. The number of pyridine rings is 1. The van der Waals surface area contributed by atoms with E-state index in [1.165, 1.54) is 0 Å². The van der Waals surface area contributed by atoms with Crippen molar-refractivity contribution in [3.63, 3.8) is 0 Å². The zero-order valence-corrected chi connectivity index (χ0v) is 16.6. The lowest BCUT2D eigenvalue weighted by Crippen LogP contribution is -2.25. The van der Waals surface area contributed by atoms with Crippen LogP contribution in [0.5, 0.6) is 5.88 Å². The van der Waals surface area contributed by atoms with Gasteiger partial charge in [0.15, 0.2) is 0 Å². The van der Waals surface area contributed by atoms with Crippen molar-refractivity contribution >= 4 is 5.69 Å². The molecule has 0 radical (unpaired) electrons. The molecule has 1 aliphatic rings. The van der Waals surface area contributed by atoms with Crippen LogP contribution in [0.2, 0.25) is 0 Å². The molecule has 4 rings (SSSR count). The molecule has 2 aromatic carbocycles. The van der Waals surface area contributed by atoms with E-state index in [0.29, 0.717) is 5.88 Å². The third-order valence-electron chi connectivity index (χ3n) is 5.38. The van der Waals surface area contributed by atoms with E-state index in [-0.39, 0.29) is 19.3 Å². The van der Waals surface area contributed by atoms with Crippen LogP contribution in [0.4, 0.5) is 5.69 Å². The number of aryl methyl sites for hydroxylation is 1. The van der Waals surface area contributed by atoms with Crippen molar-refractivity contribution < 1.29 is 14.9 Å². The summed E-state index contributed by atoms with van der Waals surface area (Å²) in [4.78, 5) is 6.60. The number of benzene rings is 2. The first kappa shape index (κ1) is 19.4. The molecule has 0 spiro atoms. The van der Waals surface area contributed by atoms with Gasteiger partial charge in [0.05, 0.1) is 19.8 Å². The van der Waals surface area contributed by atoms with E-state index in [9.17, 15) is 10.2 Å². The smallest absolute Gasteiger partial charge is 0.213 e. The fourth-order valence-electron chi connectivity index (χ4n) is 3.74. The average molecular weight is 390 g/mol. The van der Waals surface area contributed by atoms with E-state index in [0.717, 1.165) is 53.0 Å². The summed E-state index contributed by atoms with van der Waals surface area (Å²) in [5.74, 6) is 0.659. The van der Waals surface area contributed by atoms with Gasteiger partial charge in [-0.3, -0.25) is 0 Å². The van der Waals surface area contributed by atoms with Gasteiger partial charge in [-0.05, 0) is 41.3 Å². The molecule has 0 unspecified atom stereocenters. The standard InChI is InChI=1S/C24H26N2O3/c1-17-2-9-24(25-13-17)29-22-10-11-26(14-22)23-8-7-20(12-21(23)16-28)19-5-3-18(15-27)4-6-19/h2-9,12-13,22,27-28H,10-11,14-16H2,1H3/t22-/m0/s1. The van der Waals surface area contributed by atoms with Crippen molar-refractivity contribution in [2.45, 2.75) is 32.7 Å². The Hall–Kier alpha value is -2.89. The highest BCUT2D eigenvalue weighted by Crippen LogP contribution is 2.31. The van der Waals surface area contributed by atoms with Crippen molar-refractivity contribution in [3.8, 4) is 17.0 Å². The van der Waals surface area contributed by atoms with Crippen molar-refractivity contribution in [2.24, 2.45) is 0 Å². The maximum Gasteiger partial charge on any atom is 0.213 e. The monoisotopic (exact) mass is 390 g/mol. The van der Waals surface area contributed by atoms with Gasteiger partial charge in [-0.1, -0.05) is 36.4 Å². The molecule has 0 saturated carbocycles. The molecule has 5 nitrogen and oxygen atoms in total. The molecule has 29 heavy (non-hydrogen) atoms. The second-order valence-electron chi connectivity index (χ2n) is 7.50. The van der Waals surface area contributed by atoms with Gasteiger partial charge >= 0.3 is 0 Å². The van der Waals surface area contributed by atoms with Crippen LogP contribution in [0, 0.1) is 6.92 Å². The van der Waals surface area contributed by atoms with Gasteiger partial charge in [-0.2, -0.15) is 0 Å². The maximum absolute atomic E-state index is 9.96. The molecular formula is C24H26N2O3. The molecule has 1 aromatic heterocycles. The molecule has 1 fully saturated rings. The lowest BCUT2D eigenvalue weighted by Gasteiger charge is -2.22. The molecule has 0 aliphatic carbocycles. The highest BCUT2D eigenvalue weighted by Gasteiger charge is 2.26. The van der Waals surface area contributed by atoms with Gasteiger partial charge in [0.1, 0.15) is 6.10 Å². The van der Waals surface area contributed by atoms with Crippen molar-refractivity contribution in [2.75, 3.05) is 18.0 Å². The summed E-state index contributed by atoms with van der Waals surface area (Å²) >= 11 is 0. The number of hydrogen-bond acceptors (Lipinski definition) is 5. The zero-order valence-electron chi connectivity index (χ0n) is 16.6. The molecule has 1 atom stereocenters. The highest BCUT2D eigenvalue weighted by atomic mass is 16.5. The largest absolute Gasteiger partial charge is 0.472 e. The van der Waals surface area contributed by atoms with Gasteiger partial charge in [0, 0.05) is 36.5 Å². The number of aromatic nitrogens is 1. The Morgan fingerprint density at radius 2 is 1.79 bits per heavy atom. The normalized spacial score (nSPS) is 16.2. The number of aliphatic hydroxyl groups excluding tert-OH is 2. The molecule has 1 saturated heterocycles. The van der Waals surface area contributed by atoms with Gasteiger partial charge in [-0.15, -0.1) is 0 Å². The van der Waals surface area contributed by atoms with Crippen molar-refractivity contribution in [1.82, 2.24) is 4.98 Å². The van der Waals surface area contributed by atoms with Crippen LogP contribution in [-0.2, 0) is 13.2 Å². The third kappa shape index (κ3) is 4.42. The Bertz CT molecular complexity index is 955. The number of rotatable bonds is 6. The van der Waals surface area contributed by atoms with Crippen molar-refractivity contribution in [3.05, 3.63) is 77.5 Å². The van der Waals surface area contributed by atoms with Crippen LogP contribution in [-0.4, -0.2) is 34.4 Å². The SMILES string of the molecule is Cc1ccc(O[C@H]2CCN(c3ccc(-c4ccc(CO)cc4)cc3CO)C2)nc1. The van der Waals surface area contributed by atoms with E-state index >= 15 is 0 Å². The summed E-state index contributed by atoms with van der Waals surface area (Å²) in [5, 5.41) is 19.2. The lowest BCUT2D eigenvalue weighted by atomic mass is 10.0. The van der Waals surface area contributed by atoms with Crippen LogP contribution < -0.4 is 9.64 Å². The van der Waals surface area contributed by atoms with Crippen LogP contribution in [0.1, 0.15) is 23.1 Å². The van der Waals surface area contributed by atoms with E-state index in [2.05, 4.69) is 22.0 Å². The van der Waals surface area contributed by atoms with E-state index < -0.39 is 0 Å². The predicted octanol–water partition coefficient (Wildman–Crippen LogP) is 3.70. The molecule has 0 bridgehead atoms. The Balaban J connectivity index is 1.48. The van der Waals surface area contributed by atoms with E-state index in [4.69, 9.17) is 4.74 Å². The molecule has 5 heteroatoms. The lowest BCUT2D eigenvalue weighted by molar-refractivity contribution is 0.215. The summed E-state index contributed by atoms with van der Waals surface area (Å²) in [7, 11) is 0. The zero-order chi connectivity index (χ0) is 20.2. The summed E-state index contributed by atoms with van der Waals surface area (Å²) in [6, 6.07) is 17.9. The average Bonchev–Trinajstić information content (AvgIpc) is 3.23. The second kappa shape index (κ2) is 8.64. The molecule has 150 valence electrons. The van der Waals surface area contributed by atoms with Crippen molar-refractivity contribution in [1.29, 1.82) is 0 Å². The summed E-state index contributed by atoms with van der Waals surface area (Å²) in [5.41, 5.74) is 6.08. The topological polar surface area (TPSA) is 65.8 Å². The number of aliphatic hydroxyl groups is 2. The molecule has 1 aliphatic heterocycles. The van der Waals surface area contributed by atoms with Gasteiger partial charge in [0.2, 0.25) is 5.88 Å². The van der Waals surface area contributed by atoms with Crippen LogP contribution in [0.3, 0.4) is 0 Å². The number of ether oxygens (including phenoxy) is 1. The first-order chi connectivity index (χ1) is 14.2. The van der Waals surface area contributed by atoms with Gasteiger partial charge in [-0.25, -0.2) is 4.98 Å².